The molecule has 0 fully saturated rings. The van der Waals surface area contributed by atoms with E-state index in [1.807, 2.05) is 39.0 Å². The Hall–Kier alpha value is -1.95. The van der Waals surface area contributed by atoms with Gasteiger partial charge in [-0.2, -0.15) is 5.26 Å². The molecule has 2 aromatic rings. The fourth-order valence-corrected chi connectivity index (χ4v) is 2.13. The highest BCUT2D eigenvalue weighted by Crippen LogP contribution is 2.28. The van der Waals surface area contributed by atoms with Gasteiger partial charge >= 0.3 is 0 Å². The molecule has 96 valence electrons. The minimum atomic E-state index is 0.763. The zero-order valence-electron chi connectivity index (χ0n) is 11.7. The highest BCUT2D eigenvalue weighted by atomic mass is 16.5. The number of aromatic nitrogens is 1. The molecule has 0 amide bonds. The highest BCUT2D eigenvalue weighted by Gasteiger charge is 2.12. The molecule has 0 saturated carbocycles. The van der Waals surface area contributed by atoms with Gasteiger partial charge in [0.15, 0.2) is 0 Å². The average molecular weight is 244 g/mol. The van der Waals surface area contributed by atoms with Crippen LogP contribution in [0, 0.1) is 18.3 Å². The van der Waals surface area contributed by atoms with Crippen molar-refractivity contribution in [2.75, 3.05) is 7.11 Å². The molecule has 0 aliphatic carbocycles. The molecule has 0 bridgehead atoms. The van der Waals surface area contributed by atoms with Crippen molar-refractivity contribution in [1.29, 1.82) is 5.26 Å². The van der Waals surface area contributed by atoms with E-state index >= 15 is 0 Å². The Morgan fingerprint density at radius 2 is 2.00 bits per heavy atom. The van der Waals surface area contributed by atoms with Crippen LogP contribution in [0.4, 0.5) is 0 Å². The zero-order chi connectivity index (χ0) is 13.7. The van der Waals surface area contributed by atoms with Crippen LogP contribution in [0.5, 0.6) is 5.75 Å². The molecule has 0 aliphatic heterocycles. The van der Waals surface area contributed by atoms with Gasteiger partial charge in [-0.3, -0.25) is 0 Å². The predicted octanol–water partition coefficient (Wildman–Crippen LogP) is 3.88. The smallest absolute Gasteiger partial charge is 0.120 e. The number of aryl methyl sites for hydroxylation is 1. The number of rotatable bonds is 2. The van der Waals surface area contributed by atoms with E-state index in [4.69, 9.17) is 10.00 Å². The Morgan fingerprint density at radius 1 is 1.33 bits per heavy atom. The Labute approximate surface area is 109 Å². The minimum Gasteiger partial charge on any atom is -0.497 e. The summed E-state index contributed by atoms with van der Waals surface area (Å²) in [6.45, 7) is 8.92. The van der Waals surface area contributed by atoms with Crippen molar-refractivity contribution in [1.82, 2.24) is 4.57 Å². The van der Waals surface area contributed by atoms with Crippen LogP contribution >= 0.6 is 0 Å². The molecular weight excluding hydrogens is 224 g/mol. The third-order valence-corrected chi connectivity index (χ3v) is 2.96. The number of methoxy groups -OCH3 is 1. The number of fused-ring (bicyclic) bond motifs is 1. The number of nitrogens with zero attached hydrogens (tertiary/aromatic N) is 2. The lowest BCUT2D eigenvalue weighted by atomic mass is 10.1. The van der Waals surface area contributed by atoms with Gasteiger partial charge in [0, 0.05) is 23.7 Å². The van der Waals surface area contributed by atoms with Crippen molar-refractivity contribution in [3.63, 3.8) is 0 Å². The van der Waals surface area contributed by atoms with Crippen LogP contribution < -0.4 is 4.74 Å². The summed E-state index contributed by atoms with van der Waals surface area (Å²) in [7, 11) is 1.65. The molecule has 0 spiro atoms. The van der Waals surface area contributed by atoms with Crippen molar-refractivity contribution in [2.24, 2.45) is 0 Å². The number of nitriles is 1. The normalized spacial score (nSPS) is 9.56. The van der Waals surface area contributed by atoms with E-state index in [0.29, 0.717) is 0 Å². The van der Waals surface area contributed by atoms with Gasteiger partial charge in [0.2, 0.25) is 0 Å². The van der Waals surface area contributed by atoms with E-state index in [1.54, 1.807) is 7.11 Å². The largest absolute Gasteiger partial charge is 0.497 e. The topological polar surface area (TPSA) is 38.0 Å². The van der Waals surface area contributed by atoms with Gasteiger partial charge in [0.1, 0.15) is 11.8 Å². The summed E-state index contributed by atoms with van der Waals surface area (Å²) in [6, 6.07) is 8.09. The molecule has 0 unspecified atom stereocenters. The molecule has 0 aliphatic rings. The summed E-state index contributed by atoms with van der Waals surface area (Å²) in [6.07, 6.45) is 0. The van der Waals surface area contributed by atoms with Gasteiger partial charge < -0.3 is 9.30 Å². The van der Waals surface area contributed by atoms with Gasteiger partial charge in [0.25, 0.3) is 0 Å². The van der Waals surface area contributed by atoms with Crippen LogP contribution in [0.25, 0.3) is 10.9 Å². The Kier molecular flexibility index (Phi) is 4.79. The highest BCUT2D eigenvalue weighted by molar-refractivity contribution is 5.89. The fraction of sp³-hybridized carbons (Fsp3) is 0.400. The molecule has 0 radical (unpaired) electrons. The van der Waals surface area contributed by atoms with Gasteiger partial charge in [-0.25, -0.2) is 0 Å². The summed E-state index contributed by atoms with van der Waals surface area (Å²) in [4.78, 5) is 0. The second kappa shape index (κ2) is 6.11. The van der Waals surface area contributed by atoms with Crippen molar-refractivity contribution in [3.8, 4) is 11.8 Å². The van der Waals surface area contributed by atoms with Gasteiger partial charge in [0.05, 0.1) is 18.2 Å². The Bertz CT molecular complexity index is 576. The van der Waals surface area contributed by atoms with Crippen LogP contribution in [0.3, 0.4) is 0 Å². The maximum absolute atomic E-state index is 9.16. The van der Waals surface area contributed by atoms with E-state index in [-0.39, 0.29) is 0 Å². The van der Waals surface area contributed by atoms with Gasteiger partial charge in [-0.1, -0.05) is 13.8 Å². The first kappa shape index (κ1) is 14.1. The van der Waals surface area contributed by atoms with Crippen LogP contribution in [0.2, 0.25) is 0 Å². The molecule has 1 heterocycles. The van der Waals surface area contributed by atoms with Crippen molar-refractivity contribution < 1.29 is 4.74 Å². The summed E-state index contributed by atoms with van der Waals surface area (Å²) >= 11 is 0. The van der Waals surface area contributed by atoms with E-state index in [1.165, 1.54) is 0 Å². The molecule has 2 rings (SSSR count). The van der Waals surface area contributed by atoms with Crippen molar-refractivity contribution >= 4 is 10.9 Å². The molecule has 1 aromatic heterocycles. The van der Waals surface area contributed by atoms with Crippen molar-refractivity contribution in [3.05, 3.63) is 29.5 Å². The van der Waals surface area contributed by atoms with Crippen LogP contribution in [0.1, 0.15) is 32.0 Å². The molecule has 0 saturated heterocycles. The number of hydrogen-bond donors (Lipinski definition) is 0. The molecule has 18 heavy (non-hydrogen) atoms. The monoisotopic (exact) mass is 244 g/mol. The van der Waals surface area contributed by atoms with E-state index in [0.717, 1.165) is 34.5 Å². The third kappa shape index (κ3) is 2.19. The van der Waals surface area contributed by atoms with E-state index in [2.05, 4.69) is 17.6 Å². The van der Waals surface area contributed by atoms with Crippen LogP contribution in [0.15, 0.2) is 18.2 Å². The molecule has 1 aromatic carbocycles. The zero-order valence-corrected chi connectivity index (χ0v) is 11.7. The number of hydrogen-bond acceptors (Lipinski definition) is 2. The SMILES string of the molecule is CC.CCn1c(C)c(C#N)c2ccc(OC)cc21. The first-order chi connectivity index (χ1) is 8.72. The number of ether oxygens (including phenoxy) is 1. The third-order valence-electron chi connectivity index (χ3n) is 2.96. The summed E-state index contributed by atoms with van der Waals surface area (Å²) < 4.78 is 7.34. The lowest BCUT2D eigenvalue weighted by Gasteiger charge is -2.04. The minimum absolute atomic E-state index is 0.763. The first-order valence-electron chi connectivity index (χ1n) is 6.29. The predicted molar refractivity (Wildman–Crippen MR) is 75.0 cm³/mol. The number of benzene rings is 1. The van der Waals surface area contributed by atoms with Gasteiger partial charge in [-0.15, -0.1) is 0 Å². The lowest BCUT2D eigenvalue weighted by molar-refractivity contribution is 0.415. The molecule has 0 N–H and O–H groups in total. The summed E-state index contributed by atoms with van der Waals surface area (Å²) in [5, 5.41) is 10.2. The van der Waals surface area contributed by atoms with Crippen molar-refractivity contribution in [2.45, 2.75) is 34.2 Å². The summed E-state index contributed by atoms with van der Waals surface area (Å²) in [5.41, 5.74) is 2.85. The molecular formula is C15H20N2O. The first-order valence-corrected chi connectivity index (χ1v) is 6.29. The molecule has 3 heteroatoms. The fourth-order valence-electron chi connectivity index (χ4n) is 2.13. The van der Waals surface area contributed by atoms with Crippen LogP contribution in [-0.4, -0.2) is 11.7 Å². The van der Waals surface area contributed by atoms with Gasteiger partial charge in [-0.05, 0) is 26.0 Å². The second-order valence-electron chi connectivity index (χ2n) is 3.70. The average Bonchev–Trinajstić information content (AvgIpc) is 2.70. The molecule has 0 atom stereocenters. The molecule has 3 nitrogen and oxygen atoms in total. The lowest BCUT2D eigenvalue weighted by Crippen LogP contribution is -1.96. The Morgan fingerprint density at radius 3 is 2.50 bits per heavy atom. The van der Waals surface area contributed by atoms with E-state index in [9.17, 15) is 0 Å². The second-order valence-corrected chi connectivity index (χ2v) is 3.70. The summed E-state index contributed by atoms with van der Waals surface area (Å²) in [5.74, 6) is 0.823. The maximum atomic E-state index is 9.16. The standard InChI is InChI=1S/C13H14N2O.C2H6/c1-4-15-9(2)12(8-14)11-6-5-10(16-3)7-13(11)15;1-2/h5-7H,4H2,1-3H3;1-2H3. The van der Waals surface area contributed by atoms with Crippen LogP contribution in [-0.2, 0) is 6.54 Å². The maximum Gasteiger partial charge on any atom is 0.120 e. The quantitative estimate of drug-likeness (QED) is 0.804. The van der Waals surface area contributed by atoms with E-state index < -0.39 is 0 Å². The Balaban J connectivity index is 0.000000771.